The number of esters is 2. The van der Waals surface area contributed by atoms with Crippen LogP contribution in [0.1, 0.15) is 130 Å². The summed E-state index contributed by atoms with van der Waals surface area (Å²) in [6.07, 6.45) is 0.867. The molecule has 2 aliphatic rings. The molecule has 8 nitrogen and oxygen atoms in total. The lowest BCUT2D eigenvalue weighted by Crippen LogP contribution is -2.44. The molecular formula is C54H60Cl4F4N4O4. The third-order valence-electron chi connectivity index (χ3n) is 12.3. The molecule has 0 spiro atoms. The Morgan fingerprint density at radius 1 is 0.557 bits per heavy atom. The third-order valence-corrected chi connectivity index (χ3v) is 13.5. The van der Waals surface area contributed by atoms with E-state index in [0.29, 0.717) is 24.0 Å². The first-order valence-electron chi connectivity index (χ1n) is 22.8. The molecule has 376 valence electrons. The zero-order valence-corrected chi connectivity index (χ0v) is 44.4. The highest BCUT2D eigenvalue weighted by atomic mass is 35.5. The molecule has 8 atom stereocenters. The molecule has 2 fully saturated rings. The summed E-state index contributed by atoms with van der Waals surface area (Å²) < 4.78 is 71.8. The predicted molar refractivity (Wildman–Crippen MR) is 267 cm³/mol. The average molecular weight is 1050 g/mol. The highest BCUT2D eigenvalue weighted by Gasteiger charge is 2.62. The predicted octanol–water partition coefficient (Wildman–Crippen LogP) is 13.9. The van der Waals surface area contributed by atoms with Crippen molar-refractivity contribution in [3.05, 3.63) is 138 Å². The lowest BCUT2D eigenvalue weighted by atomic mass is 9.63. The van der Waals surface area contributed by atoms with Crippen LogP contribution in [0.2, 0.25) is 20.1 Å². The minimum atomic E-state index is -1.54. The first kappa shape index (κ1) is 56.5. The lowest BCUT2D eigenvalue weighted by Gasteiger charge is -2.37. The van der Waals surface area contributed by atoms with Gasteiger partial charge in [0.25, 0.3) is 0 Å². The maximum Gasteiger partial charge on any atom is 0.324 e. The Bertz CT molecular complexity index is 2520. The van der Waals surface area contributed by atoms with E-state index in [1.54, 1.807) is 65.8 Å². The highest BCUT2D eigenvalue weighted by molar-refractivity contribution is 6.31. The molecule has 0 amide bonds. The van der Waals surface area contributed by atoms with Crippen molar-refractivity contribution in [1.29, 1.82) is 10.5 Å². The van der Waals surface area contributed by atoms with Crippen molar-refractivity contribution >= 4 is 58.3 Å². The SMILES string of the molecule is CC(C)(C)C[C@@H]1N[C@@H](C(=O)OC(C)(C)C)[C@H](c2cccc(Cl)c2F)[C@@]1(C#N)c1ccc(Cl)c(F)c1.CC(C)(C)C[C@@H]1N[C@H](C(=O)OC(C)(C)C)[C@H](c2cccc(Cl)c2F)[C@@]1(C#N)c1ccc(Cl)c(F)c1. The van der Waals surface area contributed by atoms with Crippen LogP contribution in [-0.4, -0.2) is 47.3 Å². The summed E-state index contributed by atoms with van der Waals surface area (Å²) in [5.41, 5.74) is -4.55. The Labute approximate surface area is 429 Å². The number of carbonyl (C=O) groups excluding carboxylic acids is 2. The first-order chi connectivity index (χ1) is 32.2. The van der Waals surface area contributed by atoms with Crippen LogP contribution in [0.15, 0.2) is 72.8 Å². The van der Waals surface area contributed by atoms with Gasteiger partial charge in [0.1, 0.15) is 57.4 Å². The van der Waals surface area contributed by atoms with Gasteiger partial charge in [-0.15, -0.1) is 0 Å². The van der Waals surface area contributed by atoms with E-state index < -0.39 is 93.2 Å². The number of carbonyl (C=O) groups is 2. The zero-order valence-electron chi connectivity index (χ0n) is 41.4. The molecule has 2 saturated heterocycles. The molecule has 16 heteroatoms. The summed E-state index contributed by atoms with van der Waals surface area (Å²) in [6, 6.07) is 18.4. The van der Waals surface area contributed by atoms with Gasteiger partial charge in [-0.25, -0.2) is 17.6 Å². The Balaban J connectivity index is 0.000000261. The number of nitriles is 2. The molecule has 0 saturated carbocycles. The molecule has 2 aliphatic heterocycles. The summed E-state index contributed by atoms with van der Waals surface area (Å²) in [5, 5.41) is 27.6. The van der Waals surface area contributed by atoms with Crippen LogP contribution in [0, 0.1) is 56.8 Å². The molecule has 0 aliphatic carbocycles. The van der Waals surface area contributed by atoms with Gasteiger partial charge in [0.2, 0.25) is 0 Å². The van der Waals surface area contributed by atoms with E-state index in [4.69, 9.17) is 55.9 Å². The lowest BCUT2D eigenvalue weighted by molar-refractivity contribution is -0.158. The second-order valence-corrected chi connectivity index (χ2v) is 24.1. The van der Waals surface area contributed by atoms with Gasteiger partial charge in [0, 0.05) is 23.9 Å². The molecule has 0 radical (unpaired) electrons. The van der Waals surface area contributed by atoms with Gasteiger partial charge in [-0.05, 0) is 124 Å². The maximum absolute atomic E-state index is 15.5. The van der Waals surface area contributed by atoms with E-state index in [-0.39, 0.29) is 42.0 Å². The molecule has 70 heavy (non-hydrogen) atoms. The molecule has 0 unspecified atom stereocenters. The van der Waals surface area contributed by atoms with Crippen LogP contribution < -0.4 is 10.6 Å². The molecule has 4 aromatic rings. The summed E-state index contributed by atoms with van der Waals surface area (Å²) in [6.45, 7) is 22.3. The van der Waals surface area contributed by atoms with E-state index in [9.17, 15) is 28.9 Å². The standard InChI is InChI=1S/2C27H30Cl2F2N2O2/c2*1-25(2,3)13-20-27(14-32,15-10-11-17(28)19(30)12-15)21(16-8-7-9-18(29)22(16)31)23(33-20)24(34)35-26(4,5)6/h2*7-12,20-21,23,33H,13H2,1-6H3/t20-,21-,23+,27-;20-,21-,23-,27-/m00/s1. The molecular weight excluding hydrogens is 986 g/mol. The number of hydrogen-bond acceptors (Lipinski definition) is 8. The fourth-order valence-electron chi connectivity index (χ4n) is 9.71. The van der Waals surface area contributed by atoms with Crippen molar-refractivity contribution in [3.63, 3.8) is 0 Å². The number of rotatable bonds is 8. The Morgan fingerprint density at radius 3 is 1.16 bits per heavy atom. The quantitative estimate of drug-likeness (QED) is 0.132. The van der Waals surface area contributed by atoms with Crippen molar-refractivity contribution in [2.24, 2.45) is 10.8 Å². The normalized spacial score (nSPS) is 24.8. The monoisotopic (exact) mass is 1040 g/mol. The minimum absolute atomic E-state index is 0.0779. The Kier molecular flexibility index (Phi) is 16.9. The maximum atomic E-state index is 15.5. The van der Waals surface area contributed by atoms with Crippen molar-refractivity contribution in [3.8, 4) is 12.1 Å². The van der Waals surface area contributed by atoms with Gasteiger partial charge in [-0.3, -0.25) is 20.2 Å². The summed E-state index contributed by atoms with van der Waals surface area (Å²) in [5.74, 6) is -6.28. The van der Waals surface area contributed by atoms with Crippen LogP contribution in [0.25, 0.3) is 0 Å². The number of nitrogens with one attached hydrogen (secondary N) is 2. The van der Waals surface area contributed by atoms with E-state index in [2.05, 4.69) is 22.8 Å². The minimum Gasteiger partial charge on any atom is -0.459 e. The second-order valence-electron chi connectivity index (χ2n) is 22.5. The van der Waals surface area contributed by atoms with E-state index >= 15 is 8.78 Å². The fraction of sp³-hybridized carbons (Fsp3) is 0.481. The van der Waals surface area contributed by atoms with Crippen molar-refractivity contribution < 1.29 is 36.6 Å². The summed E-state index contributed by atoms with van der Waals surface area (Å²) in [4.78, 5) is 26.9. The number of nitrogens with zero attached hydrogens (tertiary/aromatic N) is 2. The number of benzene rings is 4. The van der Waals surface area contributed by atoms with E-state index in [0.717, 1.165) is 0 Å². The topological polar surface area (TPSA) is 124 Å². The van der Waals surface area contributed by atoms with Crippen molar-refractivity contribution in [2.45, 2.75) is 154 Å². The number of ether oxygens (including phenoxy) is 2. The Hall–Kier alpha value is -4.40. The smallest absolute Gasteiger partial charge is 0.324 e. The molecule has 4 aromatic carbocycles. The van der Waals surface area contributed by atoms with Crippen LogP contribution in [-0.2, 0) is 29.9 Å². The Morgan fingerprint density at radius 2 is 0.886 bits per heavy atom. The van der Waals surface area contributed by atoms with E-state index in [1.165, 1.54) is 48.5 Å². The first-order valence-corrected chi connectivity index (χ1v) is 24.3. The van der Waals surface area contributed by atoms with Crippen LogP contribution in [0.4, 0.5) is 17.6 Å². The van der Waals surface area contributed by atoms with Crippen molar-refractivity contribution in [2.75, 3.05) is 0 Å². The van der Waals surface area contributed by atoms with Crippen LogP contribution >= 0.6 is 46.4 Å². The molecule has 0 bridgehead atoms. The largest absolute Gasteiger partial charge is 0.459 e. The van der Waals surface area contributed by atoms with Crippen LogP contribution in [0.3, 0.4) is 0 Å². The number of hydrogen-bond donors (Lipinski definition) is 2. The van der Waals surface area contributed by atoms with E-state index in [1.807, 2.05) is 41.5 Å². The van der Waals surface area contributed by atoms with Gasteiger partial charge in [-0.2, -0.15) is 10.5 Å². The molecule has 2 heterocycles. The van der Waals surface area contributed by atoms with Crippen LogP contribution in [0.5, 0.6) is 0 Å². The second kappa shape index (κ2) is 21.0. The zero-order chi connectivity index (χ0) is 52.7. The van der Waals surface area contributed by atoms with Gasteiger partial charge in [0.15, 0.2) is 0 Å². The van der Waals surface area contributed by atoms with Gasteiger partial charge < -0.3 is 9.47 Å². The highest BCUT2D eigenvalue weighted by Crippen LogP contribution is 2.54. The molecule has 0 aromatic heterocycles. The van der Waals surface area contributed by atoms with Gasteiger partial charge >= 0.3 is 11.9 Å². The molecule has 2 N–H and O–H groups in total. The average Bonchev–Trinajstić information content (AvgIpc) is 3.72. The van der Waals surface area contributed by atoms with Gasteiger partial charge in [-0.1, -0.05) is 124 Å². The number of halogens is 8. The molecule has 6 rings (SSSR count). The third kappa shape index (κ3) is 12.1. The van der Waals surface area contributed by atoms with Crippen molar-refractivity contribution in [1.82, 2.24) is 10.6 Å². The summed E-state index contributed by atoms with van der Waals surface area (Å²) in [7, 11) is 0. The summed E-state index contributed by atoms with van der Waals surface area (Å²) >= 11 is 24.1. The van der Waals surface area contributed by atoms with Gasteiger partial charge in [0.05, 0.1) is 32.2 Å². The fourth-order valence-corrected chi connectivity index (χ4v) is 10.3.